The predicted octanol–water partition coefficient (Wildman–Crippen LogP) is 2.27. The molecule has 0 aliphatic carbocycles. The quantitative estimate of drug-likeness (QED) is 0.177. The van der Waals surface area contributed by atoms with Gasteiger partial charge in [-0.15, -0.1) is 5.10 Å². The highest BCUT2D eigenvalue weighted by Crippen LogP contribution is 2.20. The number of aryl methyl sites for hydroxylation is 1. The van der Waals surface area contributed by atoms with Gasteiger partial charge in [0.05, 0.1) is 28.6 Å². The molecule has 4 rings (SSSR count). The van der Waals surface area contributed by atoms with Crippen LogP contribution >= 0.6 is 11.8 Å². The Labute approximate surface area is 200 Å². The van der Waals surface area contributed by atoms with Gasteiger partial charge in [0.25, 0.3) is 11.7 Å². The normalized spacial score (nSPS) is 11.0. The zero-order valence-corrected chi connectivity index (χ0v) is 19.1. The Kier molecular flexibility index (Phi) is 7.14. The van der Waals surface area contributed by atoms with Crippen LogP contribution in [-0.4, -0.2) is 34.0 Å². The lowest BCUT2D eigenvalue weighted by Crippen LogP contribution is -2.34. The van der Waals surface area contributed by atoms with Gasteiger partial charge >= 0.3 is 5.16 Å². The number of nitrogens with zero attached hydrogens (tertiary/aromatic N) is 3. The Hall–Kier alpha value is -4.24. The molecule has 3 aromatic carbocycles. The number of carbonyl (C=O) groups is 2. The lowest BCUT2D eigenvalue weighted by atomic mass is 10.1. The lowest BCUT2D eigenvalue weighted by Gasteiger charge is -2.06. The van der Waals surface area contributed by atoms with Crippen LogP contribution in [0.4, 0.5) is 0 Å². The van der Waals surface area contributed by atoms with Crippen molar-refractivity contribution in [1.82, 2.24) is 15.6 Å². The third-order valence-corrected chi connectivity index (χ3v) is 5.86. The molecule has 0 aliphatic heterocycles. The summed E-state index contributed by atoms with van der Waals surface area (Å²) in [5.74, 6) is -0.806. The Morgan fingerprint density at radius 3 is 2.50 bits per heavy atom. The van der Waals surface area contributed by atoms with Crippen LogP contribution < -0.4 is 15.1 Å². The summed E-state index contributed by atoms with van der Waals surface area (Å²) >= 11 is 1.25. The Morgan fingerprint density at radius 2 is 1.76 bits per heavy atom. The summed E-state index contributed by atoms with van der Waals surface area (Å²) in [5.41, 5.74) is 5.79. The number of hydrazone groups is 1. The van der Waals surface area contributed by atoms with Gasteiger partial charge in [-0.25, -0.2) is 5.43 Å². The molecule has 0 saturated heterocycles. The maximum absolute atomic E-state index is 12.4. The number of nitrogens with one attached hydrogen (secondary N) is 2. The van der Waals surface area contributed by atoms with Crippen LogP contribution in [0.1, 0.15) is 21.5 Å². The molecule has 1 aromatic heterocycles. The van der Waals surface area contributed by atoms with Crippen molar-refractivity contribution in [3.63, 3.8) is 0 Å². The minimum absolute atomic E-state index is 0.000986. The average Bonchev–Trinajstić information content (AvgIpc) is 3.28. The largest absolute Gasteiger partial charge is 0.545 e. The summed E-state index contributed by atoms with van der Waals surface area (Å²) in [5, 5.41) is 23.2. The van der Waals surface area contributed by atoms with Crippen LogP contribution in [-0.2, 0) is 4.79 Å². The maximum Gasteiger partial charge on any atom is 0.342 e. The van der Waals surface area contributed by atoms with Crippen molar-refractivity contribution in [3.05, 3.63) is 95.6 Å². The number of hydrogen-bond donors (Lipinski definition) is 2. The van der Waals surface area contributed by atoms with E-state index in [0.29, 0.717) is 10.7 Å². The summed E-state index contributed by atoms with van der Waals surface area (Å²) in [4.78, 5) is 23.5. The molecule has 0 spiro atoms. The van der Waals surface area contributed by atoms with E-state index in [-0.39, 0.29) is 17.2 Å². The van der Waals surface area contributed by atoms with Crippen molar-refractivity contribution >= 4 is 29.9 Å². The first kappa shape index (κ1) is 22.9. The fraction of sp³-hybridized carbons (Fsp3) is 0.0800. The number of aromatic carboxylic acids is 1. The monoisotopic (exact) mass is 471 g/mol. The van der Waals surface area contributed by atoms with Crippen molar-refractivity contribution in [3.8, 4) is 17.1 Å². The van der Waals surface area contributed by atoms with Crippen molar-refractivity contribution in [2.24, 2.45) is 5.10 Å². The SMILES string of the molecule is Cc1ccc(-c2[nH]nc(SCC(=O)N/N=C/c3ccccc3C(=O)[O-])[n+]2-c2ccccc2)cc1. The summed E-state index contributed by atoms with van der Waals surface area (Å²) in [6, 6.07) is 24.1. The van der Waals surface area contributed by atoms with Crippen molar-refractivity contribution < 1.29 is 19.3 Å². The van der Waals surface area contributed by atoms with Gasteiger partial charge in [-0.1, -0.05) is 60.2 Å². The highest BCUT2D eigenvalue weighted by molar-refractivity contribution is 7.99. The first-order valence-corrected chi connectivity index (χ1v) is 11.4. The van der Waals surface area contributed by atoms with Gasteiger partial charge in [0.1, 0.15) is 5.69 Å². The van der Waals surface area contributed by atoms with Crippen molar-refractivity contribution in [1.29, 1.82) is 0 Å². The van der Waals surface area contributed by atoms with E-state index in [1.807, 2.05) is 66.1 Å². The Balaban J connectivity index is 1.49. The second-order valence-electron chi connectivity index (χ2n) is 7.35. The minimum Gasteiger partial charge on any atom is -0.545 e. The molecule has 0 aliphatic rings. The van der Waals surface area contributed by atoms with Crippen LogP contribution in [0.25, 0.3) is 17.1 Å². The number of aromatic amines is 1. The third-order valence-electron chi connectivity index (χ3n) is 4.92. The zero-order chi connectivity index (χ0) is 23.9. The number of para-hydroxylation sites is 1. The molecule has 0 bridgehead atoms. The molecule has 9 heteroatoms. The van der Waals surface area contributed by atoms with E-state index in [4.69, 9.17) is 0 Å². The number of benzene rings is 3. The lowest BCUT2D eigenvalue weighted by molar-refractivity contribution is -0.625. The molecule has 0 atom stereocenters. The molecule has 0 fully saturated rings. The predicted molar refractivity (Wildman–Crippen MR) is 128 cm³/mol. The topological polar surface area (TPSA) is 114 Å². The van der Waals surface area contributed by atoms with Gasteiger partial charge in [-0.05, 0) is 43.0 Å². The zero-order valence-electron chi connectivity index (χ0n) is 18.3. The number of hydrogen-bond acceptors (Lipinski definition) is 6. The van der Waals surface area contributed by atoms with Crippen LogP contribution in [0.15, 0.2) is 89.1 Å². The third kappa shape index (κ3) is 5.38. The van der Waals surface area contributed by atoms with Gasteiger partial charge < -0.3 is 9.90 Å². The fourth-order valence-corrected chi connectivity index (χ4v) is 4.01. The molecular formula is C25H21N5O3S. The van der Waals surface area contributed by atoms with Gasteiger partial charge in [-0.3, -0.25) is 4.79 Å². The number of carbonyl (C=O) groups excluding carboxylic acids is 2. The molecule has 2 N–H and O–H groups in total. The second kappa shape index (κ2) is 10.6. The molecule has 1 heterocycles. The molecular weight excluding hydrogens is 450 g/mol. The first-order valence-electron chi connectivity index (χ1n) is 10.4. The van der Waals surface area contributed by atoms with E-state index >= 15 is 0 Å². The Bertz CT molecular complexity index is 1330. The fourth-order valence-electron chi connectivity index (χ4n) is 3.25. The summed E-state index contributed by atoms with van der Waals surface area (Å²) in [6.07, 6.45) is 1.28. The van der Waals surface area contributed by atoms with Gasteiger partial charge in [0.2, 0.25) is 0 Å². The molecule has 34 heavy (non-hydrogen) atoms. The van der Waals surface area contributed by atoms with E-state index in [2.05, 4.69) is 20.7 Å². The van der Waals surface area contributed by atoms with E-state index < -0.39 is 5.97 Å². The van der Waals surface area contributed by atoms with E-state index in [1.165, 1.54) is 24.0 Å². The number of amides is 1. The smallest absolute Gasteiger partial charge is 0.342 e. The minimum atomic E-state index is -1.31. The summed E-state index contributed by atoms with van der Waals surface area (Å²) < 4.78 is 1.96. The van der Waals surface area contributed by atoms with Gasteiger partial charge in [0, 0.05) is 11.1 Å². The van der Waals surface area contributed by atoms with Crippen molar-refractivity contribution in [2.75, 3.05) is 5.75 Å². The van der Waals surface area contributed by atoms with Crippen molar-refractivity contribution in [2.45, 2.75) is 12.1 Å². The molecule has 8 nitrogen and oxygen atoms in total. The highest BCUT2D eigenvalue weighted by Gasteiger charge is 2.24. The summed E-state index contributed by atoms with van der Waals surface area (Å²) in [7, 11) is 0. The number of H-pyrrole nitrogens is 1. The first-order chi connectivity index (χ1) is 16.5. The number of aromatic nitrogens is 3. The maximum atomic E-state index is 12.4. The number of carboxylic acid groups (broad SMARTS) is 1. The molecule has 4 aromatic rings. The molecule has 0 unspecified atom stereocenters. The number of thioether (sulfide) groups is 1. The van der Waals surface area contributed by atoms with Crippen LogP contribution in [0.3, 0.4) is 0 Å². The second-order valence-corrected chi connectivity index (χ2v) is 8.29. The Morgan fingerprint density at radius 1 is 1.06 bits per heavy atom. The van der Waals surface area contributed by atoms with Crippen LogP contribution in [0, 0.1) is 6.92 Å². The average molecular weight is 472 g/mol. The van der Waals surface area contributed by atoms with Crippen LogP contribution in [0.2, 0.25) is 0 Å². The molecule has 0 saturated carbocycles. The number of rotatable bonds is 8. The standard InChI is InChI=1S/C25H21N5O3S/c1-17-11-13-18(14-12-17)23-28-29-25(30(23)20-8-3-2-4-9-20)34-16-22(31)27-26-15-19-7-5-6-10-21(19)24(32)33/h2-15H,16H2,1H3,(H2,27,31,32,33)/b26-15+. The van der Waals surface area contributed by atoms with E-state index in [1.54, 1.807) is 18.2 Å². The van der Waals surface area contributed by atoms with Crippen LogP contribution in [0.5, 0.6) is 0 Å². The molecule has 0 radical (unpaired) electrons. The molecule has 1 amide bonds. The molecule has 170 valence electrons. The van der Waals surface area contributed by atoms with E-state index in [9.17, 15) is 14.7 Å². The van der Waals surface area contributed by atoms with Gasteiger partial charge in [-0.2, -0.15) is 9.67 Å². The van der Waals surface area contributed by atoms with E-state index in [0.717, 1.165) is 22.6 Å². The summed E-state index contributed by atoms with van der Waals surface area (Å²) in [6.45, 7) is 2.03. The number of carboxylic acids is 1. The van der Waals surface area contributed by atoms with Gasteiger partial charge in [0.15, 0.2) is 0 Å². The highest BCUT2D eigenvalue weighted by atomic mass is 32.2.